The Labute approximate surface area is 203 Å². The third-order valence-corrected chi connectivity index (χ3v) is 7.71. The third-order valence-electron chi connectivity index (χ3n) is 6.35. The highest BCUT2D eigenvalue weighted by molar-refractivity contribution is 8.00. The van der Waals surface area contributed by atoms with Crippen molar-refractivity contribution in [3.05, 3.63) is 71.8 Å². The molecule has 4 atom stereocenters. The number of carbonyl (C=O) groups excluding carboxylic acids is 2. The van der Waals surface area contributed by atoms with Crippen LogP contribution >= 0.6 is 11.8 Å². The molecule has 180 valence electrons. The van der Waals surface area contributed by atoms with Gasteiger partial charge in [-0.1, -0.05) is 60.7 Å². The maximum absolute atomic E-state index is 13.4. The van der Waals surface area contributed by atoms with Gasteiger partial charge in [0.25, 0.3) is 0 Å². The van der Waals surface area contributed by atoms with Crippen LogP contribution in [0.5, 0.6) is 0 Å². The Morgan fingerprint density at radius 3 is 2.41 bits per heavy atom. The lowest BCUT2D eigenvalue weighted by atomic mass is 10.0. The van der Waals surface area contributed by atoms with E-state index in [9.17, 15) is 19.5 Å². The van der Waals surface area contributed by atoms with Crippen molar-refractivity contribution in [3.8, 4) is 0 Å². The second-order valence-electron chi connectivity index (χ2n) is 8.71. The first kappa shape index (κ1) is 24.3. The normalized spacial score (nSPS) is 23.1. The fourth-order valence-electron chi connectivity index (χ4n) is 4.52. The average Bonchev–Trinajstić information content (AvgIpc) is 3.22. The molecule has 0 spiro atoms. The van der Waals surface area contributed by atoms with Gasteiger partial charge < -0.3 is 14.7 Å². The van der Waals surface area contributed by atoms with Gasteiger partial charge in [0.15, 0.2) is 0 Å². The molecule has 0 aromatic heterocycles. The number of nitrogens with zero attached hydrogens (tertiary/aromatic N) is 1. The zero-order chi connectivity index (χ0) is 23.9. The molecule has 0 bridgehead atoms. The molecular formula is C26H30N2O5S. The van der Waals surface area contributed by atoms with E-state index >= 15 is 0 Å². The number of benzene rings is 2. The van der Waals surface area contributed by atoms with Crippen LogP contribution in [0.2, 0.25) is 0 Å². The van der Waals surface area contributed by atoms with Crippen LogP contribution in [-0.4, -0.2) is 57.1 Å². The molecule has 2 aliphatic rings. The number of aliphatic carboxylic acids is 1. The Bertz CT molecular complexity index is 987. The van der Waals surface area contributed by atoms with E-state index in [1.54, 1.807) is 0 Å². The van der Waals surface area contributed by atoms with Crippen LogP contribution in [0.3, 0.4) is 0 Å². The van der Waals surface area contributed by atoms with Crippen molar-refractivity contribution in [1.29, 1.82) is 0 Å². The van der Waals surface area contributed by atoms with Gasteiger partial charge in [-0.3, -0.25) is 14.9 Å². The van der Waals surface area contributed by atoms with Gasteiger partial charge in [0.1, 0.15) is 18.7 Å². The molecule has 2 saturated heterocycles. The van der Waals surface area contributed by atoms with E-state index < -0.39 is 30.1 Å². The minimum atomic E-state index is -0.980. The molecule has 2 aromatic carbocycles. The number of amides is 1. The number of carboxylic acids is 1. The molecule has 2 N–H and O–H groups in total. The summed E-state index contributed by atoms with van der Waals surface area (Å²) in [6.45, 7) is 0.160. The Morgan fingerprint density at radius 1 is 1.06 bits per heavy atom. The Balaban J connectivity index is 1.47. The number of esters is 1. The Kier molecular flexibility index (Phi) is 8.24. The van der Waals surface area contributed by atoms with Crippen molar-refractivity contribution >= 4 is 29.6 Å². The average molecular weight is 483 g/mol. The maximum atomic E-state index is 13.4. The number of hydrogen-bond donors (Lipinski definition) is 2. The van der Waals surface area contributed by atoms with Crippen molar-refractivity contribution in [1.82, 2.24) is 10.2 Å². The predicted molar refractivity (Wildman–Crippen MR) is 130 cm³/mol. The number of thioether (sulfide) groups is 1. The summed E-state index contributed by atoms with van der Waals surface area (Å²) in [6.07, 6.45) is 3.23. The van der Waals surface area contributed by atoms with Crippen LogP contribution in [0, 0.1) is 0 Å². The van der Waals surface area contributed by atoms with Gasteiger partial charge in [0.05, 0.1) is 11.4 Å². The minimum Gasteiger partial charge on any atom is -0.480 e. The van der Waals surface area contributed by atoms with Crippen molar-refractivity contribution in [2.45, 2.75) is 62.2 Å². The van der Waals surface area contributed by atoms with E-state index in [1.165, 1.54) is 16.7 Å². The minimum absolute atomic E-state index is 0.117. The van der Waals surface area contributed by atoms with Crippen molar-refractivity contribution in [2.75, 3.05) is 5.75 Å². The van der Waals surface area contributed by atoms with Gasteiger partial charge in [0, 0.05) is 5.75 Å². The van der Waals surface area contributed by atoms with Crippen molar-refractivity contribution in [2.24, 2.45) is 0 Å². The standard InChI is InChI=1S/C26H30N2O5S/c29-24-20(12-7-13-23-28(24)22(17-34-23)25(30)31)27-21(15-14-18-8-3-1-4-9-18)26(32)33-16-19-10-5-2-6-11-19/h1-6,8-11,20-23,27H,7,12-17H2,(H,30,31)/t20-,21?,22-,23-/m0/s1. The van der Waals surface area contributed by atoms with Gasteiger partial charge in [0.2, 0.25) is 5.91 Å². The summed E-state index contributed by atoms with van der Waals surface area (Å²) >= 11 is 1.53. The Hall–Kier alpha value is -2.84. The molecular weight excluding hydrogens is 452 g/mol. The van der Waals surface area contributed by atoms with Crippen molar-refractivity contribution < 1.29 is 24.2 Å². The Morgan fingerprint density at radius 2 is 1.74 bits per heavy atom. The van der Waals surface area contributed by atoms with Gasteiger partial charge in [-0.2, -0.15) is 0 Å². The van der Waals surface area contributed by atoms with Gasteiger partial charge in [-0.05, 0) is 43.2 Å². The fraction of sp³-hybridized carbons (Fsp3) is 0.423. The number of aryl methyl sites for hydroxylation is 1. The van der Waals surface area contributed by atoms with Crippen LogP contribution in [-0.2, 0) is 32.1 Å². The molecule has 0 saturated carbocycles. The highest BCUT2D eigenvalue weighted by atomic mass is 32.2. The molecule has 2 fully saturated rings. The number of rotatable bonds is 9. The van der Waals surface area contributed by atoms with E-state index in [-0.39, 0.29) is 17.9 Å². The molecule has 1 unspecified atom stereocenters. The lowest BCUT2D eigenvalue weighted by molar-refractivity contribution is -0.151. The van der Waals surface area contributed by atoms with E-state index in [0.29, 0.717) is 25.0 Å². The van der Waals surface area contributed by atoms with E-state index in [0.717, 1.165) is 24.0 Å². The summed E-state index contributed by atoms with van der Waals surface area (Å²) in [5, 5.41) is 12.7. The largest absolute Gasteiger partial charge is 0.480 e. The summed E-state index contributed by atoms with van der Waals surface area (Å²) in [4.78, 5) is 39.7. The molecule has 4 rings (SSSR count). The van der Waals surface area contributed by atoms with Gasteiger partial charge in [-0.25, -0.2) is 4.79 Å². The molecule has 8 heteroatoms. The number of hydrogen-bond acceptors (Lipinski definition) is 6. The molecule has 2 aliphatic heterocycles. The molecule has 7 nitrogen and oxygen atoms in total. The second kappa shape index (κ2) is 11.5. The van der Waals surface area contributed by atoms with Gasteiger partial charge >= 0.3 is 11.9 Å². The first-order valence-electron chi connectivity index (χ1n) is 11.7. The summed E-state index contributed by atoms with van der Waals surface area (Å²) in [5.74, 6) is -1.22. The third kappa shape index (κ3) is 5.98. The molecule has 1 amide bonds. The summed E-state index contributed by atoms with van der Waals surface area (Å²) < 4.78 is 5.61. The molecule has 2 heterocycles. The molecule has 0 radical (unpaired) electrons. The van der Waals surface area contributed by atoms with Crippen LogP contribution < -0.4 is 5.32 Å². The van der Waals surface area contributed by atoms with Crippen LogP contribution in [0.4, 0.5) is 0 Å². The topological polar surface area (TPSA) is 95.9 Å². The number of fused-ring (bicyclic) bond motifs is 1. The first-order chi connectivity index (χ1) is 16.5. The summed E-state index contributed by atoms with van der Waals surface area (Å²) in [6, 6.07) is 17.2. The number of carbonyl (C=O) groups is 3. The summed E-state index contributed by atoms with van der Waals surface area (Å²) in [5.41, 5.74) is 1.99. The zero-order valence-electron chi connectivity index (χ0n) is 19.0. The zero-order valence-corrected chi connectivity index (χ0v) is 19.8. The SMILES string of the molecule is O=C(OCc1ccccc1)C(CCc1ccccc1)N[C@H]1CCC[C@@H]2SC[C@@H](C(=O)O)N2C1=O. The lowest BCUT2D eigenvalue weighted by Gasteiger charge is -2.30. The van der Waals surface area contributed by atoms with E-state index in [4.69, 9.17) is 4.74 Å². The van der Waals surface area contributed by atoms with Crippen LogP contribution in [0.25, 0.3) is 0 Å². The van der Waals surface area contributed by atoms with Gasteiger partial charge in [-0.15, -0.1) is 11.8 Å². The van der Waals surface area contributed by atoms with Crippen LogP contribution in [0.1, 0.15) is 36.8 Å². The number of nitrogens with one attached hydrogen (secondary N) is 1. The monoisotopic (exact) mass is 482 g/mol. The maximum Gasteiger partial charge on any atom is 0.327 e. The smallest absolute Gasteiger partial charge is 0.327 e. The van der Waals surface area contributed by atoms with E-state index in [1.807, 2.05) is 60.7 Å². The van der Waals surface area contributed by atoms with Crippen LogP contribution in [0.15, 0.2) is 60.7 Å². The van der Waals surface area contributed by atoms with Crippen molar-refractivity contribution in [3.63, 3.8) is 0 Å². The lowest BCUT2D eigenvalue weighted by Crippen LogP contribution is -2.55. The van der Waals surface area contributed by atoms with E-state index in [2.05, 4.69) is 5.32 Å². The highest BCUT2D eigenvalue weighted by Gasteiger charge is 2.45. The predicted octanol–water partition coefficient (Wildman–Crippen LogP) is 3.23. The molecule has 0 aliphatic carbocycles. The quantitative estimate of drug-likeness (QED) is 0.530. The highest BCUT2D eigenvalue weighted by Crippen LogP contribution is 2.36. The molecule has 2 aromatic rings. The second-order valence-corrected chi connectivity index (χ2v) is 9.92. The number of ether oxygens (including phenoxy) is 1. The molecule has 34 heavy (non-hydrogen) atoms. The fourth-order valence-corrected chi connectivity index (χ4v) is 5.98. The first-order valence-corrected chi connectivity index (χ1v) is 12.7. The summed E-state index contributed by atoms with van der Waals surface area (Å²) in [7, 11) is 0. The number of carboxylic acid groups (broad SMARTS) is 1.